The molecule has 6 heteroatoms. The highest BCUT2D eigenvalue weighted by atomic mass is 79.9. The third-order valence-corrected chi connectivity index (χ3v) is 4.51. The SMILES string of the molecule is COc1ccc(C(N)c2ccc(F)c(Br)c2)c(OC)c1Br. The van der Waals surface area contributed by atoms with Gasteiger partial charge < -0.3 is 15.2 Å². The molecule has 0 spiro atoms. The molecule has 2 aromatic carbocycles. The molecule has 3 nitrogen and oxygen atoms in total. The molecule has 0 aliphatic heterocycles. The predicted molar refractivity (Wildman–Crippen MR) is 87.4 cm³/mol. The van der Waals surface area contributed by atoms with Crippen molar-refractivity contribution in [2.24, 2.45) is 5.73 Å². The lowest BCUT2D eigenvalue weighted by molar-refractivity contribution is 0.385. The highest BCUT2D eigenvalue weighted by molar-refractivity contribution is 9.11. The van der Waals surface area contributed by atoms with Crippen molar-refractivity contribution in [2.75, 3.05) is 14.2 Å². The molecule has 0 amide bonds. The van der Waals surface area contributed by atoms with Crippen LogP contribution in [-0.2, 0) is 0 Å². The van der Waals surface area contributed by atoms with Gasteiger partial charge in [-0.25, -0.2) is 4.39 Å². The minimum atomic E-state index is -0.445. The van der Waals surface area contributed by atoms with E-state index in [2.05, 4.69) is 31.9 Å². The van der Waals surface area contributed by atoms with Crippen LogP contribution in [0.2, 0.25) is 0 Å². The molecular formula is C15H14Br2FNO2. The Hall–Kier alpha value is -1.11. The molecule has 0 heterocycles. The van der Waals surface area contributed by atoms with Gasteiger partial charge >= 0.3 is 0 Å². The summed E-state index contributed by atoms with van der Waals surface area (Å²) in [5.41, 5.74) is 7.84. The molecule has 0 saturated heterocycles. The van der Waals surface area contributed by atoms with E-state index in [-0.39, 0.29) is 5.82 Å². The molecule has 0 fully saturated rings. The summed E-state index contributed by atoms with van der Waals surface area (Å²) in [6.45, 7) is 0. The van der Waals surface area contributed by atoms with Gasteiger partial charge in [0, 0.05) is 5.56 Å². The number of hydrogen-bond donors (Lipinski definition) is 1. The minimum Gasteiger partial charge on any atom is -0.495 e. The fourth-order valence-electron chi connectivity index (χ4n) is 2.05. The first-order chi connectivity index (χ1) is 9.99. The summed E-state index contributed by atoms with van der Waals surface area (Å²) in [5, 5.41) is 0. The van der Waals surface area contributed by atoms with Gasteiger partial charge in [-0.2, -0.15) is 0 Å². The van der Waals surface area contributed by atoms with Crippen LogP contribution in [0.3, 0.4) is 0 Å². The summed E-state index contributed by atoms with van der Waals surface area (Å²) in [7, 11) is 3.15. The lowest BCUT2D eigenvalue weighted by Gasteiger charge is -2.19. The second kappa shape index (κ2) is 6.77. The molecule has 0 aromatic heterocycles. The van der Waals surface area contributed by atoms with Crippen molar-refractivity contribution in [3.05, 3.63) is 56.2 Å². The molecule has 0 bridgehead atoms. The van der Waals surface area contributed by atoms with Crippen LogP contribution in [-0.4, -0.2) is 14.2 Å². The molecule has 112 valence electrons. The molecule has 21 heavy (non-hydrogen) atoms. The van der Waals surface area contributed by atoms with Gasteiger partial charge in [-0.1, -0.05) is 6.07 Å². The standard InChI is InChI=1S/C15H14Br2FNO2/c1-20-12-6-4-9(15(21-2)13(12)17)14(19)8-3-5-11(18)10(16)7-8/h3-7,14H,19H2,1-2H3. The summed E-state index contributed by atoms with van der Waals surface area (Å²) in [6, 6.07) is 7.90. The lowest BCUT2D eigenvalue weighted by Crippen LogP contribution is -2.13. The summed E-state index contributed by atoms with van der Waals surface area (Å²) in [4.78, 5) is 0. The quantitative estimate of drug-likeness (QED) is 0.799. The smallest absolute Gasteiger partial charge is 0.141 e. The molecule has 0 saturated carbocycles. The van der Waals surface area contributed by atoms with Crippen LogP contribution in [0, 0.1) is 5.82 Å². The first-order valence-electron chi connectivity index (χ1n) is 6.10. The maximum absolute atomic E-state index is 13.3. The number of methoxy groups -OCH3 is 2. The van der Waals surface area contributed by atoms with E-state index in [1.807, 2.05) is 6.07 Å². The Bertz CT molecular complexity index is 664. The van der Waals surface area contributed by atoms with Crippen molar-refractivity contribution >= 4 is 31.9 Å². The number of ether oxygens (including phenoxy) is 2. The van der Waals surface area contributed by atoms with Gasteiger partial charge in [0.05, 0.1) is 24.7 Å². The average molecular weight is 419 g/mol. The molecule has 0 aliphatic carbocycles. The van der Waals surface area contributed by atoms with Crippen LogP contribution < -0.4 is 15.2 Å². The zero-order chi connectivity index (χ0) is 15.6. The molecule has 2 rings (SSSR count). The van der Waals surface area contributed by atoms with Crippen molar-refractivity contribution in [3.8, 4) is 11.5 Å². The van der Waals surface area contributed by atoms with Gasteiger partial charge in [0.15, 0.2) is 0 Å². The zero-order valence-electron chi connectivity index (χ0n) is 11.5. The van der Waals surface area contributed by atoms with Crippen molar-refractivity contribution < 1.29 is 13.9 Å². The Morgan fingerprint density at radius 2 is 1.81 bits per heavy atom. The molecule has 0 aliphatic rings. The monoisotopic (exact) mass is 417 g/mol. The van der Waals surface area contributed by atoms with E-state index in [0.717, 1.165) is 11.1 Å². The van der Waals surface area contributed by atoms with Crippen LogP contribution in [0.4, 0.5) is 4.39 Å². The maximum Gasteiger partial charge on any atom is 0.141 e. The fraction of sp³-hybridized carbons (Fsp3) is 0.200. The van der Waals surface area contributed by atoms with Gasteiger partial charge in [0.1, 0.15) is 21.8 Å². The normalized spacial score (nSPS) is 12.1. The maximum atomic E-state index is 13.3. The summed E-state index contributed by atoms with van der Waals surface area (Å²) in [5.74, 6) is 0.930. The number of benzene rings is 2. The van der Waals surface area contributed by atoms with Crippen LogP contribution >= 0.6 is 31.9 Å². The van der Waals surface area contributed by atoms with Crippen molar-refractivity contribution in [1.82, 2.24) is 0 Å². The highest BCUT2D eigenvalue weighted by Gasteiger charge is 2.19. The van der Waals surface area contributed by atoms with Gasteiger partial charge in [0.25, 0.3) is 0 Å². The molecule has 2 N–H and O–H groups in total. The first-order valence-corrected chi connectivity index (χ1v) is 7.69. The Morgan fingerprint density at radius 1 is 1.10 bits per heavy atom. The Balaban J connectivity index is 2.50. The number of hydrogen-bond acceptors (Lipinski definition) is 3. The molecule has 2 aromatic rings. The Morgan fingerprint density at radius 3 is 2.38 bits per heavy atom. The number of halogens is 3. The number of nitrogens with two attached hydrogens (primary N) is 1. The second-order valence-electron chi connectivity index (χ2n) is 4.36. The van der Waals surface area contributed by atoms with Crippen molar-refractivity contribution in [2.45, 2.75) is 6.04 Å². The largest absolute Gasteiger partial charge is 0.495 e. The second-order valence-corrected chi connectivity index (χ2v) is 6.00. The van der Waals surface area contributed by atoms with Gasteiger partial charge in [-0.15, -0.1) is 0 Å². The predicted octanol–water partition coefficient (Wildman–Crippen LogP) is 4.42. The van der Waals surface area contributed by atoms with Gasteiger partial charge in [-0.05, 0) is 61.7 Å². The minimum absolute atomic E-state index is 0.325. The lowest BCUT2D eigenvalue weighted by atomic mass is 9.98. The third-order valence-electron chi connectivity index (χ3n) is 3.15. The van der Waals surface area contributed by atoms with E-state index >= 15 is 0 Å². The molecular weight excluding hydrogens is 405 g/mol. The van der Waals surface area contributed by atoms with E-state index in [1.54, 1.807) is 32.4 Å². The van der Waals surface area contributed by atoms with Crippen LogP contribution in [0.25, 0.3) is 0 Å². The van der Waals surface area contributed by atoms with Crippen LogP contribution in [0.1, 0.15) is 17.2 Å². The van der Waals surface area contributed by atoms with Gasteiger partial charge in [-0.3, -0.25) is 0 Å². The summed E-state index contributed by atoms with van der Waals surface area (Å²) in [6.07, 6.45) is 0. The van der Waals surface area contributed by atoms with Crippen LogP contribution in [0.5, 0.6) is 11.5 Å². The van der Waals surface area contributed by atoms with E-state index in [1.165, 1.54) is 6.07 Å². The van der Waals surface area contributed by atoms with Crippen LogP contribution in [0.15, 0.2) is 39.3 Å². The van der Waals surface area contributed by atoms with Gasteiger partial charge in [0.2, 0.25) is 0 Å². The molecule has 1 unspecified atom stereocenters. The highest BCUT2D eigenvalue weighted by Crippen LogP contribution is 2.40. The molecule has 0 radical (unpaired) electrons. The average Bonchev–Trinajstić information content (AvgIpc) is 2.49. The first kappa shape index (κ1) is 16.3. The summed E-state index contributed by atoms with van der Waals surface area (Å²) >= 11 is 6.61. The van der Waals surface area contributed by atoms with E-state index in [9.17, 15) is 4.39 Å². The Kier molecular flexibility index (Phi) is 5.24. The fourth-order valence-corrected chi connectivity index (χ4v) is 3.13. The van der Waals surface area contributed by atoms with E-state index in [4.69, 9.17) is 15.2 Å². The Labute approximate surface area is 139 Å². The summed E-state index contributed by atoms with van der Waals surface area (Å²) < 4.78 is 25.1. The third kappa shape index (κ3) is 3.22. The van der Waals surface area contributed by atoms with E-state index in [0.29, 0.717) is 20.4 Å². The van der Waals surface area contributed by atoms with E-state index < -0.39 is 6.04 Å². The van der Waals surface area contributed by atoms with Crippen molar-refractivity contribution in [3.63, 3.8) is 0 Å². The molecule has 1 atom stereocenters. The number of rotatable bonds is 4. The topological polar surface area (TPSA) is 44.5 Å². The van der Waals surface area contributed by atoms with Crippen molar-refractivity contribution in [1.29, 1.82) is 0 Å². The zero-order valence-corrected chi connectivity index (χ0v) is 14.7.